The van der Waals surface area contributed by atoms with E-state index in [4.69, 9.17) is 0 Å². The van der Waals surface area contributed by atoms with Crippen LogP contribution in [0.5, 0.6) is 0 Å². The maximum atomic E-state index is 14.1. The molecule has 0 saturated carbocycles. The molecule has 0 spiro atoms. The number of hydrogen-bond acceptors (Lipinski definition) is 3. The fraction of sp³-hybridized carbons (Fsp3) is 0.600. The molecule has 0 aromatic heterocycles. The van der Waals surface area contributed by atoms with Gasteiger partial charge in [0.05, 0.1) is 11.8 Å². The molecule has 3 nitrogen and oxygen atoms in total. The van der Waals surface area contributed by atoms with Gasteiger partial charge in [-0.05, 0) is 36.6 Å². The van der Waals surface area contributed by atoms with Crippen LogP contribution >= 0.6 is 0 Å². The number of hydrogen-bond donors (Lipinski definition) is 2. The van der Waals surface area contributed by atoms with Crippen LogP contribution in [0.3, 0.4) is 0 Å². The Labute approximate surface area is 114 Å². The van der Waals surface area contributed by atoms with E-state index >= 15 is 0 Å². The van der Waals surface area contributed by atoms with E-state index in [0.717, 1.165) is 25.1 Å². The summed E-state index contributed by atoms with van der Waals surface area (Å²) in [6.07, 6.45) is 0.536. The number of anilines is 1. The standard InChI is InChI=1S/C15H23FN2O/c1-3-17-9-12-4-5-14(13(16)8-12)18-7-6-11(2)15(19)10-18/h4-5,8,11,15,17,19H,3,6-7,9-10H2,1-2H3. The van der Waals surface area contributed by atoms with Gasteiger partial charge in [-0.1, -0.05) is 19.9 Å². The first-order valence-electron chi connectivity index (χ1n) is 7.04. The molecule has 0 amide bonds. The molecule has 19 heavy (non-hydrogen) atoms. The Morgan fingerprint density at radius 3 is 2.89 bits per heavy atom. The van der Waals surface area contributed by atoms with Gasteiger partial charge in [0, 0.05) is 19.6 Å². The smallest absolute Gasteiger partial charge is 0.146 e. The van der Waals surface area contributed by atoms with Gasteiger partial charge in [0.1, 0.15) is 5.82 Å². The van der Waals surface area contributed by atoms with Crippen molar-refractivity contribution in [1.82, 2.24) is 5.32 Å². The monoisotopic (exact) mass is 266 g/mol. The van der Waals surface area contributed by atoms with Crippen molar-refractivity contribution in [3.8, 4) is 0 Å². The quantitative estimate of drug-likeness (QED) is 0.876. The Bertz CT molecular complexity index is 425. The number of aliphatic hydroxyl groups is 1. The van der Waals surface area contributed by atoms with E-state index < -0.39 is 0 Å². The second-order valence-electron chi connectivity index (χ2n) is 5.35. The summed E-state index contributed by atoms with van der Waals surface area (Å²) in [5, 5.41) is 13.1. The third kappa shape index (κ3) is 3.45. The van der Waals surface area contributed by atoms with E-state index in [0.29, 0.717) is 24.7 Å². The van der Waals surface area contributed by atoms with E-state index in [-0.39, 0.29) is 11.9 Å². The molecule has 1 saturated heterocycles. The SMILES string of the molecule is CCNCc1ccc(N2CCC(C)C(O)C2)c(F)c1. The van der Waals surface area contributed by atoms with E-state index in [2.05, 4.69) is 5.32 Å². The molecule has 1 heterocycles. The highest BCUT2D eigenvalue weighted by Gasteiger charge is 2.25. The Kier molecular flexibility index (Phi) is 4.77. The van der Waals surface area contributed by atoms with Gasteiger partial charge in [-0.25, -0.2) is 4.39 Å². The molecule has 2 N–H and O–H groups in total. The minimum atomic E-state index is -0.366. The molecule has 1 aliphatic rings. The topological polar surface area (TPSA) is 35.5 Å². The number of piperidine rings is 1. The number of nitrogens with zero attached hydrogens (tertiary/aromatic N) is 1. The van der Waals surface area contributed by atoms with Crippen molar-refractivity contribution in [2.75, 3.05) is 24.5 Å². The maximum Gasteiger partial charge on any atom is 0.146 e. The van der Waals surface area contributed by atoms with E-state index in [1.807, 2.05) is 30.9 Å². The van der Waals surface area contributed by atoms with Crippen LogP contribution in [0.15, 0.2) is 18.2 Å². The third-order valence-electron chi connectivity index (χ3n) is 3.85. The van der Waals surface area contributed by atoms with Gasteiger partial charge in [0.15, 0.2) is 0 Å². The second kappa shape index (κ2) is 6.35. The van der Waals surface area contributed by atoms with Crippen LogP contribution in [0.1, 0.15) is 25.8 Å². The zero-order chi connectivity index (χ0) is 13.8. The molecule has 106 valence electrons. The van der Waals surface area contributed by atoms with E-state index in [1.165, 1.54) is 0 Å². The van der Waals surface area contributed by atoms with Crippen molar-refractivity contribution in [2.24, 2.45) is 5.92 Å². The number of aliphatic hydroxyl groups excluding tert-OH is 1. The predicted octanol–water partition coefficient (Wildman–Crippen LogP) is 2.14. The largest absolute Gasteiger partial charge is 0.391 e. The molecule has 1 aliphatic heterocycles. The Balaban J connectivity index is 2.08. The van der Waals surface area contributed by atoms with Crippen LogP contribution in [-0.4, -0.2) is 30.8 Å². The summed E-state index contributed by atoms with van der Waals surface area (Å²) in [6, 6.07) is 5.36. The lowest BCUT2D eigenvalue weighted by Crippen LogP contribution is -2.43. The number of benzene rings is 1. The van der Waals surface area contributed by atoms with Gasteiger partial charge in [-0.3, -0.25) is 0 Å². The van der Waals surface area contributed by atoms with Crippen LogP contribution in [0.4, 0.5) is 10.1 Å². The average molecular weight is 266 g/mol. The van der Waals surface area contributed by atoms with Gasteiger partial charge in [-0.2, -0.15) is 0 Å². The van der Waals surface area contributed by atoms with Crippen molar-refractivity contribution in [3.05, 3.63) is 29.6 Å². The van der Waals surface area contributed by atoms with Crippen molar-refractivity contribution in [1.29, 1.82) is 0 Å². The molecule has 2 atom stereocenters. The number of rotatable bonds is 4. The van der Waals surface area contributed by atoms with Gasteiger partial charge < -0.3 is 15.3 Å². The molecule has 4 heteroatoms. The summed E-state index contributed by atoms with van der Waals surface area (Å²) in [5.74, 6) is 0.101. The molecule has 0 radical (unpaired) electrons. The first-order chi connectivity index (χ1) is 9.11. The fourth-order valence-electron chi connectivity index (χ4n) is 2.45. The van der Waals surface area contributed by atoms with Crippen molar-refractivity contribution >= 4 is 5.69 Å². The summed E-state index contributed by atoms with van der Waals surface area (Å²) in [4.78, 5) is 1.94. The number of halogens is 1. The van der Waals surface area contributed by atoms with Gasteiger partial charge in [0.25, 0.3) is 0 Å². The highest BCUT2D eigenvalue weighted by Crippen LogP contribution is 2.26. The summed E-state index contributed by atoms with van der Waals surface area (Å²) in [5.41, 5.74) is 1.56. The van der Waals surface area contributed by atoms with Crippen LogP contribution < -0.4 is 10.2 Å². The van der Waals surface area contributed by atoms with Crippen molar-refractivity contribution in [3.63, 3.8) is 0 Å². The first-order valence-corrected chi connectivity index (χ1v) is 7.04. The predicted molar refractivity (Wildman–Crippen MR) is 75.8 cm³/mol. The molecular formula is C15H23FN2O. The second-order valence-corrected chi connectivity index (χ2v) is 5.35. The normalized spacial score (nSPS) is 23.7. The lowest BCUT2D eigenvalue weighted by atomic mass is 9.95. The minimum absolute atomic E-state index is 0.197. The summed E-state index contributed by atoms with van der Waals surface area (Å²) in [6.45, 7) is 6.96. The van der Waals surface area contributed by atoms with Gasteiger partial charge in [0.2, 0.25) is 0 Å². The summed E-state index contributed by atoms with van der Waals surface area (Å²) < 4.78 is 14.1. The van der Waals surface area contributed by atoms with Crippen LogP contribution in [-0.2, 0) is 6.54 Å². The highest BCUT2D eigenvalue weighted by molar-refractivity contribution is 5.49. The fourth-order valence-corrected chi connectivity index (χ4v) is 2.45. The molecular weight excluding hydrogens is 243 g/mol. The zero-order valence-corrected chi connectivity index (χ0v) is 11.7. The molecule has 0 bridgehead atoms. The molecule has 1 aromatic carbocycles. The summed E-state index contributed by atoms with van der Waals surface area (Å²) in [7, 11) is 0. The Morgan fingerprint density at radius 2 is 2.26 bits per heavy atom. The minimum Gasteiger partial charge on any atom is -0.391 e. The Morgan fingerprint density at radius 1 is 1.47 bits per heavy atom. The number of β-amino-alcohol motifs (C(OH)–C–C–N with tert-alkyl or cyclic N) is 1. The van der Waals surface area contributed by atoms with Gasteiger partial charge >= 0.3 is 0 Å². The van der Waals surface area contributed by atoms with E-state index in [1.54, 1.807) is 6.07 Å². The molecule has 1 aromatic rings. The van der Waals surface area contributed by atoms with Crippen LogP contribution in [0.25, 0.3) is 0 Å². The lowest BCUT2D eigenvalue weighted by molar-refractivity contribution is 0.102. The first kappa shape index (κ1) is 14.3. The Hall–Kier alpha value is -1.13. The van der Waals surface area contributed by atoms with E-state index in [9.17, 15) is 9.50 Å². The average Bonchev–Trinajstić information content (AvgIpc) is 2.40. The van der Waals surface area contributed by atoms with Gasteiger partial charge in [-0.15, -0.1) is 0 Å². The van der Waals surface area contributed by atoms with Crippen LogP contribution in [0, 0.1) is 11.7 Å². The summed E-state index contributed by atoms with van der Waals surface area (Å²) >= 11 is 0. The highest BCUT2D eigenvalue weighted by atomic mass is 19.1. The van der Waals surface area contributed by atoms with Crippen LogP contribution in [0.2, 0.25) is 0 Å². The molecule has 0 aliphatic carbocycles. The molecule has 1 fully saturated rings. The third-order valence-corrected chi connectivity index (χ3v) is 3.85. The molecule has 2 unspecified atom stereocenters. The lowest BCUT2D eigenvalue weighted by Gasteiger charge is -2.36. The zero-order valence-electron chi connectivity index (χ0n) is 11.7. The number of nitrogens with one attached hydrogen (secondary N) is 1. The maximum absolute atomic E-state index is 14.1. The van der Waals surface area contributed by atoms with Crippen molar-refractivity contribution in [2.45, 2.75) is 32.9 Å². The van der Waals surface area contributed by atoms with Crippen molar-refractivity contribution < 1.29 is 9.50 Å². The molecule has 2 rings (SSSR count).